The molecule has 0 spiro atoms. The molecule has 0 unspecified atom stereocenters. The normalized spacial score (nSPS) is 10.6. The number of carbonyl (C=O) groups is 1. The van der Waals surface area contributed by atoms with Crippen LogP contribution in [0.3, 0.4) is 0 Å². The molecule has 0 aliphatic heterocycles. The number of Topliss-reactive ketones (excluding diaryl/α,β-unsaturated/α-hetero) is 1. The van der Waals surface area contributed by atoms with Gasteiger partial charge < -0.3 is 9.53 Å². The van der Waals surface area contributed by atoms with Gasteiger partial charge in [0.25, 0.3) is 0 Å². The van der Waals surface area contributed by atoms with E-state index in [1.807, 2.05) is 43.3 Å². The van der Waals surface area contributed by atoms with Gasteiger partial charge in [0, 0.05) is 6.42 Å². The Morgan fingerprint density at radius 1 is 1.31 bits per heavy atom. The first-order valence-corrected chi connectivity index (χ1v) is 5.54. The molecule has 0 aliphatic rings. The predicted molar refractivity (Wildman–Crippen MR) is 65.8 cm³/mol. The Morgan fingerprint density at radius 2 is 2.00 bits per heavy atom. The highest BCUT2D eigenvalue weighted by molar-refractivity contribution is 5.75. The molecule has 1 aromatic rings. The van der Waals surface area contributed by atoms with Gasteiger partial charge in [-0.25, -0.2) is 0 Å². The zero-order valence-electron chi connectivity index (χ0n) is 9.90. The number of ketones is 1. The molecule has 0 atom stereocenters. The fourth-order valence-corrected chi connectivity index (χ4v) is 1.31. The minimum atomic E-state index is 0.230. The summed E-state index contributed by atoms with van der Waals surface area (Å²) in [6.07, 6.45) is 5.34. The van der Waals surface area contributed by atoms with Crippen LogP contribution in [0.1, 0.15) is 25.8 Å². The van der Waals surface area contributed by atoms with E-state index in [-0.39, 0.29) is 5.78 Å². The summed E-state index contributed by atoms with van der Waals surface area (Å²) in [5.74, 6) is 1.10. The third-order valence-electron chi connectivity index (χ3n) is 2.27. The third-order valence-corrected chi connectivity index (χ3v) is 2.27. The zero-order chi connectivity index (χ0) is 11.8. The Bertz CT molecular complexity index is 350. The lowest BCUT2D eigenvalue weighted by Crippen LogP contribution is -1.95. The Labute approximate surface area is 96.9 Å². The monoisotopic (exact) mass is 218 g/mol. The van der Waals surface area contributed by atoms with E-state index in [0.717, 1.165) is 12.2 Å². The van der Waals surface area contributed by atoms with Crippen LogP contribution in [-0.4, -0.2) is 12.4 Å². The van der Waals surface area contributed by atoms with Crippen LogP contribution in [0.4, 0.5) is 0 Å². The van der Waals surface area contributed by atoms with Gasteiger partial charge in [-0.15, -0.1) is 0 Å². The van der Waals surface area contributed by atoms with Crippen LogP contribution in [0, 0.1) is 0 Å². The second-order valence-corrected chi connectivity index (χ2v) is 3.73. The van der Waals surface area contributed by atoms with E-state index >= 15 is 0 Å². The van der Waals surface area contributed by atoms with Crippen molar-refractivity contribution in [1.82, 2.24) is 0 Å². The highest BCUT2D eigenvalue weighted by atomic mass is 16.5. The van der Waals surface area contributed by atoms with Crippen molar-refractivity contribution < 1.29 is 9.53 Å². The van der Waals surface area contributed by atoms with Gasteiger partial charge in [0.05, 0.1) is 0 Å². The number of benzene rings is 1. The van der Waals surface area contributed by atoms with Gasteiger partial charge >= 0.3 is 0 Å². The first-order valence-electron chi connectivity index (χ1n) is 5.54. The summed E-state index contributed by atoms with van der Waals surface area (Å²) < 4.78 is 5.47. The standard InChI is InChI=1S/C14H18O2/c1-3-4-11-16-14-9-7-13(8-10-14)6-5-12(2)15/h3-4,7-10H,5-6,11H2,1-2H3/b4-3+. The largest absolute Gasteiger partial charge is 0.490 e. The molecule has 86 valence electrons. The van der Waals surface area contributed by atoms with Gasteiger partial charge in [-0.3, -0.25) is 0 Å². The molecule has 0 radical (unpaired) electrons. The Balaban J connectivity index is 2.44. The second-order valence-electron chi connectivity index (χ2n) is 3.73. The number of aryl methyl sites for hydroxylation is 1. The highest BCUT2D eigenvalue weighted by Gasteiger charge is 1.97. The van der Waals surface area contributed by atoms with Crippen molar-refractivity contribution in [3.63, 3.8) is 0 Å². The van der Waals surface area contributed by atoms with Gasteiger partial charge in [-0.1, -0.05) is 24.3 Å². The van der Waals surface area contributed by atoms with Crippen molar-refractivity contribution in [2.24, 2.45) is 0 Å². The molecule has 0 N–H and O–H groups in total. The summed E-state index contributed by atoms with van der Waals surface area (Å²) in [6.45, 7) is 4.19. The van der Waals surface area contributed by atoms with E-state index in [1.54, 1.807) is 6.92 Å². The first-order chi connectivity index (χ1) is 7.72. The average Bonchev–Trinajstić information content (AvgIpc) is 2.28. The lowest BCUT2D eigenvalue weighted by atomic mass is 10.1. The van der Waals surface area contributed by atoms with Crippen LogP contribution in [0.5, 0.6) is 5.75 Å². The molecule has 0 bridgehead atoms. The SMILES string of the molecule is C/C=C/COc1ccc(CCC(C)=O)cc1. The lowest BCUT2D eigenvalue weighted by molar-refractivity contribution is -0.116. The summed E-state index contributed by atoms with van der Waals surface area (Å²) in [4.78, 5) is 10.8. The lowest BCUT2D eigenvalue weighted by Gasteiger charge is -2.04. The van der Waals surface area contributed by atoms with Crippen LogP contribution < -0.4 is 4.74 Å². The van der Waals surface area contributed by atoms with E-state index in [2.05, 4.69) is 0 Å². The summed E-state index contributed by atoms with van der Waals surface area (Å²) in [6, 6.07) is 7.90. The number of rotatable bonds is 6. The predicted octanol–water partition coefficient (Wildman–Crippen LogP) is 3.16. The average molecular weight is 218 g/mol. The fraction of sp³-hybridized carbons (Fsp3) is 0.357. The van der Waals surface area contributed by atoms with Crippen LogP contribution in [0.2, 0.25) is 0 Å². The van der Waals surface area contributed by atoms with Crippen LogP contribution in [0.25, 0.3) is 0 Å². The van der Waals surface area contributed by atoms with E-state index in [4.69, 9.17) is 4.74 Å². The summed E-state index contributed by atoms with van der Waals surface area (Å²) in [5, 5.41) is 0. The maximum absolute atomic E-state index is 10.8. The zero-order valence-corrected chi connectivity index (χ0v) is 9.90. The van der Waals surface area contributed by atoms with Gasteiger partial charge in [0.2, 0.25) is 0 Å². The van der Waals surface area contributed by atoms with Gasteiger partial charge in [0.1, 0.15) is 18.1 Å². The molecule has 0 saturated carbocycles. The molecule has 1 rings (SSSR count). The third kappa shape index (κ3) is 4.78. The summed E-state index contributed by atoms with van der Waals surface area (Å²) in [5.41, 5.74) is 1.17. The minimum absolute atomic E-state index is 0.230. The van der Waals surface area contributed by atoms with Gasteiger partial charge in [-0.05, 0) is 38.0 Å². The molecule has 0 heterocycles. The Hall–Kier alpha value is -1.57. The first kappa shape index (κ1) is 12.5. The minimum Gasteiger partial charge on any atom is -0.490 e. The molecule has 0 fully saturated rings. The van der Waals surface area contributed by atoms with E-state index in [0.29, 0.717) is 13.0 Å². The van der Waals surface area contributed by atoms with Crippen LogP contribution in [-0.2, 0) is 11.2 Å². The molecular formula is C14H18O2. The van der Waals surface area contributed by atoms with Gasteiger partial charge in [0.15, 0.2) is 0 Å². The molecule has 0 amide bonds. The smallest absolute Gasteiger partial charge is 0.130 e. The molecule has 1 aromatic carbocycles. The number of hydrogen-bond acceptors (Lipinski definition) is 2. The number of hydrogen-bond donors (Lipinski definition) is 0. The van der Waals surface area contributed by atoms with E-state index < -0.39 is 0 Å². The highest BCUT2D eigenvalue weighted by Crippen LogP contribution is 2.13. The molecule has 16 heavy (non-hydrogen) atoms. The molecule has 0 saturated heterocycles. The summed E-state index contributed by atoms with van der Waals surface area (Å²) >= 11 is 0. The number of allylic oxidation sites excluding steroid dienone is 1. The van der Waals surface area contributed by atoms with Crippen molar-refractivity contribution in [3.8, 4) is 5.75 Å². The van der Waals surface area contributed by atoms with E-state index in [1.165, 1.54) is 5.56 Å². The van der Waals surface area contributed by atoms with Crippen molar-refractivity contribution in [2.45, 2.75) is 26.7 Å². The van der Waals surface area contributed by atoms with Gasteiger partial charge in [-0.2, -0.15) is 0 Å². The van der Waals surface area contributed by atoms with Crippen molar-refractivity contribution in [2.75, 3.05) is 6.61 Å². The van der Waals surface area contributed by atoms with Crippen molar-refractivity contribution in [1.29, 1.82) is 0 Å². The Morgan fingerprint density at radius 3 is 2.56 bits per heavy atom. The topological polar surface area (TPSA) is 26.3 Å². The Kier molecular flexibility index (Phi) is 5.34. The second kappa shape index (κ2) is 6.83. The molecular weight excluding hydrogens is 200 g/mol. The molecule has 2 nitrogen and oxygen atoms in total. The summed E-state index contributed by atoms with van der Waals surface area (Å²) in [7, 11) is 0. The van der Waals surface area contributed by atoms with Crippen molar-refractivity contribution in [3.05, 3.63) is 42.0 Å². The fourth-order valence-electron chi connectivity index (χ4n) is 1.31. The maximum Gasteiger partial charge on any atom is 0.130 e. The maximum atomic E-state index is 10.8. The number of ether oxygens (including phenoxy) is 1. The van der Waals surface area contributed by atoms with Crippen LogP contribution >= 0.6 is 0 Å². The van der Waals surface area contributed by atoms with Crippen molar-refractivity contribution >= 4 is 5.78 Å². The molecule has 2 heteroatoms. The molecule has 0 aliphatic carbocycles. The quantitative estimate of drug-likeness (QED) is 0.685. The molecule has 0 aromatic heterocycles. The van der Waals surface area contributed by atoms with E-state index in [9.17, 15) is 4.79 Å². The van der Waals surface area contributed by atoms with Crippen LogP contribution in [0.15, 0.2) is 36.4 Å². The number of carbonyl (C=O) groups excluding carboxylic acids is 1.